The summed E-state index contributed by atoms with van der Waals surface area (Å²) in [5, 5.41) is 0.713. The lowest BCUT2D eigenvalue weighted by Gasteiger charge is -2.33. The monoisotopic (exact) mass is 341 g/mol. The Balaban J connectivity index is 2.29. The number of anilines is 1. The first-order chi connectivity index (χ1) is 9.63. The fourth-order valence-corrected chi connectivity index (χ4v) is 3.53. The van der Waals surface area contributed by atoms with Crippen LogP contribution >= 0.6 is 15.9 Å². The van der Waals surface area contributed by atoms with Crippen molar-refractivity contribution in [3.8, 4) is 0 Å². The van der Waals surface area contributed by atoms with Crippen molar-refractivity contribution in [1.29, 1.82) is 0 Å². The lowest BCUT2D eigenvalue weighted by molar-refractivity contribution is 0.516. The highest BCUT2D eigenvalue weighted by Gasteiger charge is 2.26. The average molecular weight is 342 g/mol. The molecule has 2 rings (SSSR count). The number of nitrogens with zero attached hydrogens (tertiary/aromatic N) is 1. The van der Waals surface area contributed by atoms with Gasteiger partial charge in [0.25, 0.3) is 0 Å². The minimum Gasteiger partial charge on any atom is -0.366 e. The van der Waals surface area contributed by atoms with E-state index in [0.717, 1.165) is 24.2 Å². The van der Waals surface area contributed by atoms with Gasteiger partial charge in [0.1, 0.15) is 5.82 Å². The minimum atomic E-state index is -0.0717. The van der Waals surface area contributed by atoms with Gasteiger partial charge in [0, 0.05) is 17.9 Å². The van der Waals surface area contributed by atoms with E-state index in [-0.39, 0.29) is 5.82 Å². The van der Waals surface area contributed by atoms with Gasteiger partial charge in [-0.2, -0.15) is 0 Å². The number of halogens is 2. The van der Waals surface area contributed by atoms with Crippen LogP contribution < -0.4 is 4.90 Å². The predicted molar refractivity (Wildman–Crippen MR) is 88.1 cm³/mol. The highest BCUT2D eigenvalue weighted by molar-refractivity contribution is 9.08. The number of para-hydroxylation sites is 1. The average Bonchev–Trinajstić information content (AvgIpc) is 2.94. The number of benzene rings is 1. The lowest BCUT2D eigenvalue weighted by Crippen LogP contribution is -2.36. The van der Waals surface area contributed by atoms with E-state index in [1.54, 1.807) is 6.07 Å². The van der Waals surface area contributed by atoms with Crippen LogP contribution in [0.15, 0.2) is 18.2 Å². The molecule has 1 aromatic carbocycles. The summed E-state index contributed by atoms with van der Waals surface area (Å²) in [6, 6.07) is 5.96. The Labute approximate surface area is 130 Å². The summed E-state index contributed by atoms with van der Waals surface area (Å²) < 4.78 is 14.4. The molecule has 0 unspecified atom stereocenters. The number of hydrogen-bond donors (Lipinski definition) is 0. The van der Waals surface area contributed by atoms with E-state index >= 15 is 0 Å². The van der Waals surface area contributed by atoms with Gasteiger partial charge in [0.2, 0.25) is 0 Å². The van der Waals surface area contributed by atoms with Gasteiger partial charge in [0.15, 0.2) is 0 Å². The molecule has 0 N–H and O–H groups in total. The van der Waals surface area contributed by atoms with Gasteiger partial charge in [-0.15, -0.1) is 0 Å². The summed E-state index contributed by atoms with van der Waals surface area (Å²) in [7, 11) is 0. The van der Waals surface area contributed by atoms with E-state index in [2.05, 4.69) is 34.7 Å². The van der Waals surface area contributed by atoms with Crippen molar-refractivity contribution in [3.05, 3.63) is 29.6 Å². The van der Waals surface area contributed by atoms with Gasteiger partial charge >= 0.3 is 0 Å². The van der Waals surface area contributed by atoms with Crippen LogP contribution in [0.25, 0.3) is 0 Å². The maximum absolute atomic E-state index is 14.4. The molecule has 1 aromatic rings. The summed E-state index contributed by atoms with van der Waals surface area (Å²) in [6.07, 6.45) is 6.08. The molecule has 3 heteroatoms. The first-order valence-corrected chi connectivity index (χ1v) is 8.85. The largest absolute Gasteiger partial charge is 0.366 e. The summed E-state index contributed by atoms with van der Waals surface area (Å²) in [4.78, 5) is 2.35. The summed E-state index contributed by atoms with van der Waals surface area (Å²) in [5.74, 6) is 0.579. The molecule has 0 atom stereocenters. The topological polar surface area (TPSA) is 3.24 Å². The number of rotatable bonds is 6. The van der Waals surface area contributed by atoms with Crippen LogP contribution in [0, 0.1) is 11.7 Å². The highest BCUT2D eigenvalue weighted by atomic mass is 79.9. The van der Waals surface area contributed by atoms with Crippen LogP contribution in [0.5, 0.6) is 0 Å². The van der Waals surface area contributed by atoms with Crippen molar-refractivity contribution < 1.29 is 4.39 Å². The Morgan fingerprint density at radius 3 is 2.60 bits per heavy atom. The van der Waals surface area contributed by atoms with Crippen molar-refractivity contribution in [2.45, 2.75) is 57.3 Å². The van der Waals surface area contributed by atoms with E-state index in [1.165, 1.54) is 25.7 Å². The van der Waals surface area contributed by atoms with Crippen LogP contribution in [0.4, 0.5) is 10.1 Å². The van der Waals surface area contributed by atoms with Crippen molar-refractivity contribution in [2.75, 3.05) is 11.4 Å². The van der Waals surface area contributed by atoms with Crippen molar-refractivity contribution in [2.24, 2.45) is 5.92 Å². The smallest absolute Gasteiger partial charge is 0.146 e. The maximum atomic E-state index is 14.4. The molecule has 1 fully saturated rings. The normalized spacial score (nSPS) is 16.1. The molecule has 0 radical (unpaired) electrons. The first-order valence-electron chi connectivity index (χ1n) is 7.73. The second-order valence-corrected chi connectivity index (χ2v) is 6.76. The summed E-state index contributed by atoms with van der Waals surface area (Å²) >= 11 is 3.51. The third kappa shape index (κ3) is 3.75. The molecule has 1 aliphatic carbocycles. The fraction of sp³-hybridized carbons (Fsp3) is 0.647. The molecule has 0 amide bonds. The molecule has 1 saturated carbocycles. The Morgan fingerprint density at radius 1 is 1.30 bits per heavy atom. The molecule has 1 nitrogen and oxygen atoms in total. The van der Waals surface area contributed by atoms with Crippen LogP contribution in [-0.2, 0) is 5.33 Å². The van der Waals surface area contributed by atoms with Gasteiger partial charge in [-0.3, -0.25) is 0 Å². The van der Waals surface area contributed by atoms with Crippen molar-refractivity contribution in [1.82, 2.24) is 0 Å². The van der Waals surface area contributed by atoms with Gasteiger partial charge in [0.05, 0.1) is 5.69 Å². The quantitative estimate of drug-likeness (QED) is 0.616. The van der Waals surface area contributed by atoms with Gasteiger partial charge in [-0.05, 0) is 36.8 Å². The Morgan fingerprint density at radius 2 is 2.00 bits per heavy atom. The third-order valence-corrected chi connectivity index (χ3v) is 4.82. The standard InChI is InChI=1S/C17H25BrFN/c1-13(2)10-11-20(15-7-3-4-8-15)17-14(12-18)6-5-9-16(17)19/h5-6,9,13,15H,3-4,7-8,10-12H2,1-2H3. The fourth-order valence-electron chi connectivity index (χ4n) is 3.08. The molecule has 0 aromatic heterocycles. The van der Waals surface area contributed by atoms with Gasteiger partial charge in [-0.1, -0.05) is 54.8 Å². The van der Waals surface area contributed by atoms with Crippen molar-refractivity contribution in [3.63, 3.8) is 0 Å². The zero-order valence-corrected chi connectivity index (χ0v) is 14.1. The van der Waals surface area contributed by atoms with Gasteiger partial charge in [-0.25, -0.2) is 4.39 Å². The molecule has 1 aliphatic rings. The number of alkyl halides is 1. The van der Waals surface area contributed by atoms with Crippen LogP contribution in [0.3, 0.4) is 0 Å². The third-order valence-electron chi connectivity index (χ3n) is 4.21. The Hall–Kier alpha value is -0.570. The second kappa shape index (κ2) is 7.44. The molecule has 20 heavy (non-hydrogen) atoms. The zero-order chi connectivity index (χ0) is 14.5. The predicted octanol–water partition coefficient (Wildman–Crippen LogP) is 5.52. The van der Waals surface area contributed by atoms with E-state index in [4.69, 9.17) is 0 Å². The summed E-state index contributed by atoms with van der Waals surface area (Å²) in [5.41, 5.74) is 1.90. The second-order valence-electron chi connectivity index (χ2n) is 6.20. The maximum Gasteiger partial charge on any atom is 0.146 e. The molecular formula is C17H25BrFN. The van der Waals surface area contributed by atoms with Gasteiger partial charge < -0.3 is 4.90 Å². The highest BCUT2D eigenvalue weighted by Crippen LogP contribution is 2.33. The first kappa shape index (κ1) is 15.8. The minimum absolute atomic E-state index is 0.0717. The Bertz CT molecular complexity index is 427. The van der Waals surface area contributed by atoms with Crippen LogP contribution in [0.2, 0.25) is 0 Å². The molecule has 0 bridgehead atoms. The van der Waals surface area contributed by atoms with E-state index in [1.807, 2.05) is 12.1 Å². The van der Waals surface area contributed by atoms with Crippen LogP contribution in [-0.4, -0.2) is 12.6 Å². The lowest BCUT2D eigenvalue weighted by atomic mass is 10.1. The van der Waals surface area contributed by atoms with Crippen molar-refractivity contribution >= 4 is 21.6 Å². The number of hydrogen-bond acceptors (Lipinski definition) is 1. The van der Waals surface area contributed by atoms with E-state index in [0.29, 0.717) is 17.3 Å². The van der Waals surface area contributed by atoms with E-state index in [9.17, 15) is 4.39 Å². The molecule has 0 heterocycles. The molecule has 0 aliphatic heterocycles. The molecular weight excluding hydrogens is 317 g/mol. The molecule has 0 saturated heterocycles. The van der Waals surface area contributed by atoms with E-state index < -0.39 is 0 Å². The Kier molecular flexibility index (Phi) is 5.88. The molecule has 0 spiro atoms. The molecule has 112 valence electrons. The SMILES string of the molecule is CC(C)CCN(c1c(F)cccc1CBr)C1CCCC1. The zero-order valence-electron chi connectivity index (χ0n) is 12.5. The summed E-state index contributed by atoms with van der Waals surface area (Å²) in [6.45, 7) is 5.43. The van der Waals surface area contributed by atoms with Crippen LogP contribution in [0.1, 0.15) is 51.5 Å².